The lowest BCUT2D eigenvalue weighted by atomic mass is 10.1. The summed E-state index contributed by atoms with van der Waals surface area (Å²) in [5, 5.41) is 14.0. The molecule has 4 rings (SSSR count). The summed E-state index contributed by atoms with van der Waals surface area (Å²) in [6, 6.07) is 8.80. The third-order valence-electron chi connectivity index (χ3n) is 3.02. The lowest BCUT2D eigenvalue weighted by Gasteiger charge is -1.91. The predicted octanol–water partition coefficient (Wildman–Crippen LogP) is 1.46. The van der Waals surface area contributed by atoms with Gasteiger partial charge in [0, 0.05) is 16.3 Å². The zero-order chi connectivity index (χ0) is 11.4. The minimum absolute atomic E-state index is 0.0190. The number of H-pyrrole nitrogens is 1. The number of benzene rings is 1. The molecule has 0 unspecified atom stereocenters. The first-order valence-electron chi connectivity index (χ1n) is 5.21. The van der Waals surface area contributed by atoms with Crippen molar-refractivity contribution in [2.24, 2.45) is 0 Å². The van der Waals surface area contributed by atoms with Crippen LogP contribution in [0.1, 0.15) is 0 Å². The highest BCUT2D eigenvalue weighted by molar-refractivity contribution is 6.19. The summed E-state index contributed by atoms with van der Waals surface area (Å²) in [6.45, 7) is 0. The van der Waals surface area contributed by atoms with Crippen molar-refractivity contribution in [1.82, 2.24) is 20.4 Å². The van der Waals surface area contributed by atoms with E-state index in [4.69, 9.17) is 0 Å². The lowest BCUT2D eigenvalue weighted by Crippen LogP contribution is -1.93. The van der Waals surface area contributed by atoms with E-state index in [1.54, 1.807) is 6.07 Å². The largest absolute Gasteiger partial charge is 0.338 e. The monoisotopic (exact) mass is 222 g/mol. The van der Waals surface area contributed by atoms with Crippen molar-refractivity contribution in [3.8, 4) is 0 Å². The van der Waals surface area contributed by atoms with Gasteiger partial charge >= 0.3 is 0 Å². The van der Waals surface area contributed by atoms with E-state index in [-0.39, 0.29) is 5.43 Å². The van der Waals surface area contributed by atoms with Crippen LogP contribution >= 0.6 is 0 Å². The fourth-order valence-corrected chi connectivity index (χ4v) is 2.29. The van der Waals surface area contributed by atoms with Crippen LogP contribution < -0.4 is 5.43 Å². The van der Waals surface area contributed by atoms with E-state index in [1.165, 1.54) is 6.07 Å². The molecule has 5 nitrogen and oxygen atoms in total. The summed E-state index contributed by atoms with van der Waals surface area (Å²) in [6.07, 6.45) is 0. The SMILES string of the molecule is O=c1ccc2nnnc3[nH]c4cccc1c4c23. The number of nitrogens with zero attached hydrogens (tertiary/aromatic N) is 3. The van der Waals surface area contributed by atoms with Gasteiger partial charge in [-0.15, -0.1) is 10.2 Å². The maximum Gasteiger partial charge on any atom is 0.186 e. The van der Waals surface area contributed by atoms with Crippen LogP contribution in [0, 0.1) is 0 Å². The zero-order valence-electron chi connectivity index (χ0n) is 8.64. The molecule has 80 valence electrons. The molecule has 2 aromatic heterocycles. The molecular formula is C12H6N4O. The Morgan fingerprint density at radius 1 is 1.00 bits per heavy atom. The molecule has 0 fully saturated rings. The molecule has 0 aliphatic heterocycles. The van der Waals surface area contributed by atoms with Gasteiger partial charge in [0.15, 0.2) is 11.1 Å². The van der Waals surface area contributed by atoms with Crippen LogP contribution in [0.3, 0.4) is 0 Å². The smallest absolute Gasteiger partial charge is 0.186 e. The van der Waals surface area contributed by atoms with Crippen molar-refractivity contribution in [3.63, 3.8) is 0 Å². The first kappa shape index (κ1) is 8.58. The number of aromatic amines is 1. The van der Waals surface area contributed by atoms with Gasteiger partial charge in [0.2, 0.25) is 0 Å². The molecule has 5 heteroatoms. The van der Waals surface area contributed by atoms with Gasteiger partial charge < -0.3 is 4.98 Å². The van der Waals surface area contributed by atoms with Crippen molar-refractivity contribution >= 4 is 32.8 Å². The van der Waals surface area contributed by atoms with Crippen LogP contribution in [0.2, 0.25) is 0 Å². The average Bonchev–Trinajstić information content (AvgIpc) is 2.67. The Hall–Kier alpha value is -2.56. The summed E-state index contributed by atoms with van der Waals surface area (Å²) in [4.78, 5) is 15.1. The Labute approximate surface area is 94.4 Å². The molecule has 4 aromatic rings. The maximum atomic E-state index is 12.0. The summed E-state index contributed by atoms with van der Waals surface area (Å²) >= 11 is 0. The molecule has 17 heavy (non-hydrogen) atoms. The number of hydrogen-bond acceptors (Lipinski definition) is 4. The van der Waals surface area contributed by atoms with Gasteiger partial charge in [0.25, 0.3) is 0 Å². The van der Waals surface area contributed by atoms with Crippen LogP contribution in [-0.2, 0) is 0 Å². The fraction of sp³-hybridized carbons (Fsp3) is 0. The summed E-state index contributed by atoms with van der Waals surface area (Å²) < 4.78 is 0. The standard InChI is InChI=1S/C12H6N4O/c17-9-5-4-8-11-10-6(9)2-1-3-7(10)13-12(11)15-16-14-8/h1-5H,(H,13,14,15). The van der Waals surface area contributed by atoms with E-state index >= 15 is 0 Å². The van der Waals surface area contributed by atoms with Gasteiger partial charge in [-0.2, -0.15) is 0 Å². The minimum atomic E-state index is -0.0190. The Kier molecular flexibility index (Phi) is 1.39. The van der Waals surface area contributed by atoms with E-state index in [0.29, 0.717) is 16.6 Å². The molecule has 1 N–H and O–H groups in total. The topological polar surface area (TPSA) is 71.5 Å². The van der Waals surface area contributed by atoms with Crippen molar-refractivity contribution in [2.45, 2.75) is 0 Å². The molecule has 2 heterocycles. The highest BCUT2D eigenvalue weighted by atomic mass is 16.1. The summed E-state index contributed by atoms with van der Waals surface area (Å²) in [5.41, 5.74) is 2.21. The fourth-order valence-electron chi connectivity index (χ4n) is 2.29. The van der Waals surface area contributed by atoms with E-state index in [0.717, 1.165) is 16.3 Å². The number of aromatic nitrogens is 4. The normalized spacial score (nSPS) is 11.8. The van der Waals surface area contributed by atoms with E-state index in [1.807, 2.05) is 18.2 Å². The van der Waals surface area contributed by atoms with Crippen molar-refractivity contribution in [2.75, 3.05) is 0 Å². The van der Waals surface area contributed by atoms with Gasteiger partial charge in [-0.1, -0.05) is 12.1 Å². The highest BCUT2D eigenvalue weighted by Crippen LogP contribution is 2.28. The van der Waals surface area contributed by atoms with Crippen LogP contribution in [-0.4, -0.2) is 20.4 Å². The van der Waals surface area contributed by atoms with Gasteiger partial charge in [0.05, 0.1) is 10.9 Å². The van der Waals surface area contributed by atoms with Gasteiger partial charge in [-0.25, -0.2) is 0 Å². The second-order valence-corrected chi connectivity index (χ2v) is 3.95. The van der Waals surface area contributed by atoms with Gasteiger partial charge in [-0.3, -0.25) is 4.79 Å². The van der Waals surface area contributed by atoms with Gasteiger partial charge in [-0.05, 0) is 23.4 Å². The first-order chi connectivity index (χ1) is 8.34. The van der Waals surface area contributed by atoms with Gasteiger partial charge in [0.1, 0.15) is 0 Å². The Balaban J connectivity index is 2.59. The molecule has 0 amide bonds. The van der Waals surface area contributed by atoms with Crippen LogP contribution in [0.4, 0.5) is 0 Å². The molecule has 0 saturated carbocycles. The second-order valence-electron chi connectivity index (χ2n) is 3.95. The molecular weight excluding hydrogens is 216 g/mol. The predicted molar refractivity (Wildman–Crippen MR) is 64.2 cm³/mol. The minimum Gasteiger partial charge on any atom is -0.338 e. The molecule has 0 radical (unpaired) electrons. The number of hydrogen-bond donors (Lipinski definition) is 1. The molecule has 0 aliphatic rings. The Morgan fingerprint density at radius 3 is 2.88 bits per heavy atom. The van der Waals surface area contributed by atoms with Crippen molar-refractivity contribution in [3.05, 3.63) is 40.6 Å². The number of rotatable bonds is 0. The first-order valence-corrected chi connectivity index (χ1v) is 5.21. The summed E-state index contributed by atoms with van der Waals surface area (Å²) in [7, 11) is 0. The molecule has 0 aliphatic carbocycles. The van der Waals surface area contributed by atoms with E-state index in [9.17, 15) is 4.79 Å². The van der Waals surface area contributed by atoms with Crippen LogP contribution in [0.15, 0.2) is 35.1 Å². The van der Waals surface area contributed by atoms with Crippen molar-refractivity contribution < 1.29 is 0 Å². The zero-order valence-corrected chi connectivity index (χ0v) is 8.64. The second kappa shape index (κ2) is 2.76. The van der Waals surface area contributed by atoms with E-state index < -0.39 is 0 Å². The molecule has 2 aromatic carbocycles. The Bertz CT molecular complexity index is 912. The summed E-state index contributed by atoms with van der Waals surface area (Å²) in [5.74, 6) is 0. The third kappa shape index (κ3) is 0.977. The average molecular weight is 222 g/mol. The Morgan fingerprint density at radius 2 is 1.94 bits per heavy atom. The van der Waals surface area contributed by atoms with E-state index in [2.05, 4.69) is 20.4 Å². The van der Waals surface area contributed by atoms with Crippen LogP contribution in [0.25, 0.3) is 32.8 Å². The lowest BCUT2D eigenvalue weighted by molar-refractivity contribution is 0.911. The molecule has 0 spiro atoms. The molecule has 0 bridgehead atoms. The van der Waals surface area contributed by atoms with Crippen molar-refractivity contribution in [1.29, 1.82) is 0 Å². The number of nitrogens with one attached hydrogen (secondary N) is 1. The quantitative estimate of drug-likeness (QED) is 0.489. The van der Waals surface area contributed by atoms with Crippen LogP contribution in [0.5, 0.6) is 0 Å². The molecule has 0 saturated heterocycles. The molecule has 0 atom stereocenters. The third-order valence-corrected chi connectivity index (χ3v) is 3.02. The maximum absolute atomic E-state index is 12.0. The highest BCUT2D eigenvalue weighted by Gasteiger charge is 2.12.